The van der Waals surface area contributed by atoms with Crippen molar-refractivity contribution < 1.29 is 0 Å². The molecule has 0 bridgehead atoms. The maximum atomic E-state index is 5.32. The number of nitrogens with one attached hydrogen (secondary N) is 1. The van der Waals surface area contributed by atoms with Gasteiger partial charge in [0.2, 0.25) is 0 Å². The van der Waals surface area contributed by atoms with Gasteiger partial charge in [0.25, 0.3) is 0 Å². The number of nitrogens with zero attached hydrogens (tertiary/aromatic N) is 3. The summed E-state index contributed by atoms with van der Waals surface area (Å²) >= 11 is 5.32. The van der Waals surface area contributed by atoms with Gasteiger partial charge in [0, 0.05) is 19.0 Å². The number of likely N-dealkylation sites (tertiary alicyclic amines) is 1. The standard InChI is InChI=1S/C13H24N4S/c1-10(2)12-14-15-13(18)17(12)9-11(3)8-16-6-4-5-7-16/h10-11H,4-9H2,1-3H3,(H,15,18). The number of rotatable bonds is 5. The van der Waals surface area contributed by atoms with Crippen molar-refractivity contribution in [3.63, 3.8) is 0 Å². The molecule has 1 aliphatic heterocycles. The van der Waals surface area contributed by atoms with Gasteiger partial charge in [-0.2, -0.15) is 5.10 Å². The number of H-pyrrole nitrogens is 1. The van der Waals surface area contributed by atoms with Crippen molar-refractivity contribution in [3.05, 3.63) is 10.6 Å². The molecule has 0 radical (unpaired) electrons. The lowest BCUT2D eigenvalue weighted by atomic mass is 10.1. The largest absolute Gasteiger partial charge is 0.304 e. The van der Waals surface area contributed by atoms with E-state index < -0.39 is 0 Å². The van der Waals surface area contributed by atoms with Crippen LogP contribution in [0.1, 0.15) is 45.4 Å². The van der Waals surface area contributed by atoms with Crippen LogP contribution in [-0.2, 0) is 6.54 Å². The molecule has 2 rings (SSSR count). The zero-order chi connectivity index (χ0) is 13.1. The summed E-state index contributed by atoms with van der Waals surface area (Å²) in [7, 11) is 0. The van der Waals surface area contributed by atoms with E-state index in [1.54, 1.807) is 0 Å². The smallest absolute Gasteiger partial charge is 0.195 e. The highest BCUT2D eigenvalue weighted by Crippen LogP contribution is 2.16. The third-order valence-electron chi connectivity index (χ3n) is 3.57. The molecule has 1 N–H and O–H groups in total. The fourth-order valence-corrected chi connectivity index (χ4v) is 2.94. The summed E-state index contributed by atoms with van der Waals surface area (Å²) < 4.78 is 2.92. The summed E-state index contributed by atoms with van der Waals surface area (Å²) in [6.45, 7) is 11.3. The van der Waals surface area contributed by atoms with Crippen molar-refractivity contribution >= 4 is 12.2 Å². The molecule has 1 saturated heterocycles. The molecule has 0 amide bonds. The zero-order valence-corrected chi connectivity index (χ0v) is 12.5. The van der Waals surface area contributed by atoms with E-state index in [2.05, 4.69) is 40.4 Å². The van der Waals surface area contributed by atoms with E-state index in [0.717, 1.165) is 17.1 Å². The Balaban J connectivity index is 1.99. The van der Waals surface area contributed by atoms with Gasteiger partial charge in [-0.25, -0.2) is 0 Å². The van der Waals surface area contributed by atoms with Gasteiger partial charge in [-0.05, 0) is 44.1 Å². The Kier molecular flexibility index (Phi) is 4.56. The highest BCUT2D eigenvalue weighted by molar-refractivity contribution is 7.71. The molecule has 1 unspecified atom stereocenters. The Hall–Kier alpha value is -0.680. The van der Waals surface area contributed by atoms with Crippen LogP contribution in [0.3, 0.4) is 0 Å². The van der Waals surface area contributed by atoms with Gasteiger partial charge in [-0.15, -0.1) is 0 Å². The second-order valence-corrected chi connectivity index (χ2v) is 6.15. The van der Waals surface area contributed by atoms with Gasteiger partial charge < -0.3 is 9.47 Å². The van der Waals surface area contributed by atoms with E-state index >= 15 is 0 Å². The topological polar surface area (TPSA) is 36.9 Å². The minimum absolute atomic E-state index is 0.414. The van der Waals surface area contributed by atoms with E-state index in [1.807, 2.05) is 0 Å². The summed E-state index contributed by atoms with van der Waals surface area (Å²) in [5, 5.41) is 7.25. The molecule has 1 fully saturated rings. The molecule has 1 aliphatic rings. The molecule has 18 heavy (non-hydrogen) atoms. The Labute approximate surface area is 114 Å². The SMILES string of the molecule is CC(CN1CCCC1)Cn1c(C(C)C)n[nH]c1=S. The molecule has 0 saturated carbocycles. The van der Waals surface area contributed by atoms with Crippen LogP contribution in [0.25, 0.3) is 0 Å². The Morgan fingerprint density at radius 1 is 1.22 bits per heavy atom. The molecule has 0 aliphatic carbocycles. The van der Waals surface area contributed by atoms with Gasteiger partial charge in [0.05, 0.1) is 0 Å². The molecule has 5 heteroatoms. The number of hydrogen-bond donors (Lipinski definition) is 1. The molecule has 1 aromatic heterocycles. The Morgan fingerprint density at radius 3 is 2.50 bits per heavy atom. The lowest BCUT2D eigenvalue weighted by Gasteiger charge is -2.21. The normalized spacial score (nSPS) is 18.7. The molecular weight excluding hydrogens is 244 g/mol. The van der Waals surface area contributed by atoms with Crippen LogP contribution in [0.15, 0.2) is 0 Å². The first-order valence-electron chi connectivity index (χ1n) is 6.95. The van der Waals surface area contributed by atoms with Crippen molar-refractivity contribution in [1.82, 2.24) is 19.7 Å². The van der Waals surface area contributed by atoms with Crippen LogP contribution in [-0.4, -0.2) is 39.3 Å². The highest BCUT2D eigenvalue weighted by atomic mass is 32.1. The van der Waals surface area contributed by atoms with E-state index in [0.29, 0.717) is 11.8 Å². The molecular formula is C13H24N4S. The average molecular weight is 268 g/mol. The quantitative estimate of drug-likeness (QED) is 0.834. The lowest BCUT2D eigenvalue weighted by Crippen LogP contribution is -2.28. The predicted octanol–water partition coefficient (Wildman–Crippen LogP) is 2.80. The van der Waals surface area contributed by atoms with Crippen molar-refractivity contribution in [2.24, 2.45) is 5.92 Å². The minimum atomic E-state index is 0.414. The van der Waals surface area contributed by atoms with Crippen LogP contribution in [0.2, 0.25) is 0 Å². The maximum absolute atomic E-state index is 5.32. The third-order valence-corrected chi connectivity index (χ3v) is 3.88. The van der Waals surface area contributed by atoms with Crippen molar-refractivity contribution in [3.8, 4) is 0 Å². The zero-order valence-electron chi connectivity index (χ0n) is 11.6. The second kappa shape index (κ2) is 5.97. The molecule has 102 valence electrons. The van der Waals surface area contributed by atoms with Gasteiger partial charge in [-0.1, -0.05) is 20.8 Å². The summed E-state index contributed by atoms with van der Waals surface area (Å²) in [6, 6.07) is 0. The number of hydrogen-bond acceptors (Lipinski definition) is 3. The monoisotopic (exact) mass is 268 g/mol. The van der Waals surface area contributed by atoms with Gasteiger partial charge in [0.1, 0.15) is 5.82 Å². The fourth-order valence-electron chi connectivity index (χ4n) is 2.72. The summed E-state index contributed by atoms with van der Waals surface area (Å²) in [6.07, 6.45) is 2.71. The van der Waals surface area contributed by atoms with Crippen molar-refractivity contribution in [2.75, 3.05) is 19.6 Å². The maximum Gasteiger partial charge on any atom is 0.195 e. The molecule has 2 heterocycles. The van der Waals surface area contributed by atoms with Crippen LogP contribution in [0.5, 0.6) is 0 Å². The number of aromatic nitrogens is 3. The van der Waals surface area contributed by atoms with E-state index in [-0.39, 0.29) is 0 Å². The fraction of sp³-hybridized carbons (Fsp3) is 0.846. The summed E-state index contributed by atoms with van der Waals surface area (Å²) in [5.74, 6) is 2.11. The Bertz CT molecular complexity index is 428. The van der Waals surface area contributed by atoms with Crippen LogP contribution in [0, 0.1) is 10.7 Å². The molecule has 0 aromatic carbocycles. The second-order valence-electron chi connectivity index (χ2n) is 5.77. The minimum Gasteiger partial charge on any atom is -0.304 e. The summed E-state index contributed by atoms with van der Waals surface area (Å²) in [4.78, 5) is 2.56. The molecule has 1 aromatic rings. The first-order valence-corrected chi connectivity index (χ1v) is 7.36. The molecule has 0 spiro atoms. The average Bonchev–Trinajstić information content (AvgIpc) is 2.90. The number of aromatic amines is 1. The van der Waals surface area contributed by atoms with E-state index in [4.69, 9.17) is 12.2 Å². The third kappa shape index (κ3) is 3.20. The summed E-state index contributed by atoms with van der Waals surface area (Å²) in [5.41, 5.74) is 0. The van der Waals surface area contributed by atoms with Crippen molar-refractivity contribution in [2.45, 2.75) is 46.1 Å². The van der Waals surface area contributed by atoms with Gasteiger partial charge >= 0.3 is 0 Å². The first kappa shape index (κ1) is 13.7. The molecule has 1 atom stereocenters. The van der Waals surface area contributed by atoms with E-state index in [9.17, 15) is 0 Å². The van der Waals surface area contributed by atoms with Crippen LogP contribution >= 0.6 is 12.2 Å². The highest BCUT2D eigenvalue weighted by Gasteiger charge is 2.17. The van der Waals surface area contributed by atoms with Gasteiger partial charge in [-0.3, -0.25) is 5.10 Å². The van der Waals surface area contributed by atoms with E-state index in [1.165, 1.54) is 32.5 Å². The predicted molar refractivity (Wildman–Crippen MR) is 76.3 cm³/mol. The lowest BCUT2D eigenvalue weighted by molar-refractivity contribution is 0.269. The van der Waals surface area contributed by atoms with Crippen LogP contribution < -0.4 is 0 Å². The first-order chi connectivity index (χ1) is 8.58. The van der Waals surface area contributed by atoms with Crippen molar-refractivity contribution in [1.29, 1.82) is 0 Å². The van der Waals surface area contributed by atoms with Gasteiger partial charge in [0.15, 0.2) is 4.77 Å². The van der Waals surface area contributed by atoms with Crippen LogP contribution in [0.4, 0.5) is 0 Å². The molecule has 4 nitrogen and oxygen atoms in total. The Morgan fingerprint density at radius 2 is 1.89 bits per heavy atom.